The topological polar surface area (TPSA) is 29.1 Å². The van der Waals surface area contributed by atoms with Gasteiger partial charge in [-0.15, -0.1) is 12.3 Å². The molecule has 0 rings (SSSR count). The maximum Gasteiger partial charge on any atom is 0.243 e. The number of amides is 1. The van der Waals surface area contributed by atoms with Gasteiger partial charge in [0.2, 0.25) is 5.91 Å². The minimum Gasteiger partial charge on any atom is -0.353 e. The van der Waals surface area contributed by atoms with Gasteiger partial charge in [0.1, 0.15) is 0 Å². The molecule has 72 valence electrons. The van der Waals surface area contributed by atoms with Crippen molar-refractivity contribution in [2.45, 2.75) is 33.1 Å². The van der Waals surface area contributed by atoms with Crippen LogP contribution in [0.5, 0.6) is 0 Å². The Morgan fingerprint density at radius 2 is 2.15 bits per heavy atom. The van der Waals surface area contributed by atoms with Crippen LogP contribution in [0.2, 0.25) is 0 Å². The van der Waals surface area contributed by atoms with E-state index in [4.69, 9.17) is 6.42 Å². The van der Waals surface area contributed by atoms with Crippen molar-refractivity contribution >= 4 is 5.91 Å². The molecule has 0 spiro atoms. The lowest BCUT2D eigenvalue weighted by Gasteiger charge is -2.00. The predicted molar refractivity (Wildman–Crippen MR) is 55.1 cm³/mol. The molecule has 2 heteroatoms. The normalized spacial score (nSPS) is 8.69. The molecule has 0 aliphatic heterocycles. The lowest BCUT2D eigenvalue weighted by atomic mass is 10.2. The molecule has 1 amide bonds. The lowest BCUT2D eigenvalue weighted by molar-refractivity contribution is -0.116. The van der Waals surface area contributed by atoms with Crippen LogP contribution in [-0.2, 0) is 4.79 Å². The number of allylic oxidation sites excluding steroid dienone is 1. The van der Waals surface area contributed by atoms with Gasteiger partial charge in [-0.1, -0.05) is 5.57 Å². The second kappa shape index (κ2) is 7.42. The maximum atomic E-state index is 11.1. The standard InChI is InChI=1S/C11H17NO/c1-4-5-6-7-8-12-11(13)9-10(2)3/h1,9H,5-8H2,2-3H3,(H,12,13). The zero-order chi connectivity index (χ0) is 10.1. The number of hydrogen-bond acceptors (Lipinski definition) is 1. The van der Waals surface area contributed by atoms with Crippen LogP contribution in [0.4, 0.5) is 0 Å². The summed E-state index contributed by atoms with van der Waals surface area (Å²) in [6.07, 6.45) is 9.41. The highest BCUT2D eigenvalue weighted by molar-refractivity contribution is 5.87. The van der Waals surface area contributed by atoms with Gasteiger partial charge in [0.25, 0.3) is 0 Å². The Hall–Kier alpha value is -1.23. The molecule has 0 bridgehead atoms. The van der Waals surface area contributed by atoms with Crippen LogP contribution in [-0.4, -0.2) is 12.5 Å². The van der Waals surface area contributed by atoms with Crippen molar-refractivity contribution in [3.63, 3.8) is 0 Å². The van der Waals surface area contributed by atoms with Gasteiger partial charge in [-0.05, 0) is 26.7 Å². The third-order valence-corrected chi connectivity index (χ3v) is 1.47. The van der Waals surface area contributed by atoms with Gasteiger partial charge >= 0.3 is 0 Å². The van der Waals surface area contributed by atoms with Gasteiger partial charge in [0.15, 0.2) is 0 Å². The first-order valence-electron chi connectivity index (χ1n) is 4.53. The molecule has 0 radical (unpaired) electrons. The van der Waals surface area contributed by atoms with Gasteiger partial charge in [0.05, 0.1) is 0 Å². The van der Waals surface area contributed by atoms with Crippen molar-refractivity contribution in [1.29, 1.82) is 0 Å². The molecule has 0 heterocycles. The fourth-order valence-corrected chi connectivity index (χ4v) is 0.877. The Morgan fingerprint density at radius 3 is 2.69 bits per heavy atom. The molecule has 0 aliphatic carbocycles. The van der Waals surface area contributed by atoms with Crippen LogP contribution in [0.1, 0.15) is 33.1 Å². The number of terminal acetylenes is 1. The van der Waals surface area contributed by atoms with Crippen molar-refractivity contribution in [2.24, 2.45) is 0 Å². The predicted octanol–water partition coefficient (Wildman–Crippen LogP) is 1.87. The van der Waals surface area contributed by atoms with E-state index in [9.17, 15) is 4.79 Å². The SMILES string of the molecule is C#CCCCCNC(=O)C=C(C)C. The Morgan fingerprint density at radius 1 is 1.46 bits per heavy atom. The molecule has 0 aromatic carbocycles. The molecule has 0 aliphatic rings. The summed E-state index contributed by atoms with van der Waals surface area (Å²) in [5.74, 6) is 2.55. The summed E-state index contributed by atoms with van der Waals surface area (Å²) in [6.45, 7) is 4.51. The molecular formula is C11H17NO. The minimum absolute atomic E-state index is 0.0132. The average Bonchev–Trinajstić information content (AvgIpc) is 2.02. The van der Waals surface area contributed by atoms with E-state index in [-0.39, 0.29) is 5.91 Å². The first-order chi connectivity index (χ1) is 6.16. The monoisotopic (exact) mass is 179 g/mol. The van der Waals surface area contributed by atoms with Crippen LogP contribution in [0.3, 0.4) is 0 Å². The number of hydrogen-bond donors (Lipinski definition) is 1. The van der Waals surface area contributed by atoms with Crippen LogP contribution in [0.15, 0.2) is 11.6 Å². The lowest BCUT2D eigenvalue weighted by Crippen LogP contribution is -2.22. The molecule has 13 heavy (non-hydrogen) atoms. The van der Waals surface area contributed by atoms with Crippen LogP contribution in [0.25, 0.3) is 0 Å². The molecule has 0 fully saturated rings. The van der Waals surface area contributed by atoms with Crippen LogP contribution in [0, 0.1) is 12.3 Å². The summed E-state index contributed by atoms with van der Waals surface area (Å²) in [7, 11) is 0. The van der Waals surface area contributed by atoms with Crippen molar-refractivity contribution in [2.75, 3.05) is 6.54 Å². The van der Waals surface area contributed by atoms with Crippen LogP contribution < -0.4 is 5.32 Å². The highest BCUT2D eigenvalue weighted by atomic mass is 16.1. The van der Waals surface area contributed by atoms with E-state index in [1.54, 1.807) is 6.08 Å². The second-order valence-electron chi connectivity index (χ2n) is 3.17. The van der Waals surface area contributed by atoms with E-state index in [0.717, 1.165) is 24.8 Å². The average molecular weight is 179 g/mol. The number of nitrogens with one attached hydrogen (secondary N) is 1. The van der Waals surface area contributed by atoms with Gasteiger partial charge in [0, 0.05) is 19.0 Å². The zero-order valence-electron chi connectivity index (χ0n) is 8.39. The van der Waals surface area contributed by atoms with Crippen molar-refractivity contribution in [3.8, 4) is 12.3 Å². The van der Waals surface area contributed by atoms with E-state index in [1.807, 2.05) is 13.8 Å². The summed E-state index contributed by atoms with van der Waals surface area (Å²) >= 11 is 0. The summed E-state index contributed by atoms with van der Waals surface area (Å²) in [4.78, 5) is 11.1. The summed E-state index contributed by atoms with van der Waals surface area (Å²) in [5.41, 5.74) is 1.01. The maximum absolute atomic E-state index is 11.1. The van der Waals surface area contributed by atoms with Gasteiger partial charge in [-0.3, -0.25) is 4.79 Å². The zero-order valence-corrected chi connectivity index (χ0v) is 8.39. The number of unbranched alkanes of at least 4 members (excludes halogenated alkanes) is 2. The van der Waals surface area contributed by atoms with Crippen molar-refractivity contribution in [3.05, 3.63) is 11.6 Å². The van der Waals surface area contributed by atoms with Gasteiger partial charge in [-0.25, -0.2) is 0 Å². The number of rotatable bonds is 5. The van der Waals surface area contributed by atoms with Crippen molar-refractivity contribution < 1.29 is 4.79 Å². The Balaban J connectivity index is 3.39. The third-order valence-electron chi connectivity index (χ3n) is 1.47. The largest absolute Gasteiger partial charge is 0.353 e. The first-order valence-corrected chi connectivity index (χ1v) is 4.53. The molecule has 2 nitrogen and oxygen atoms in total. The van der Waals surface area contributed by atoms with E-state index in [2.05, 4.69) is 11.2 Å². The van der Waals surface area contributed by atoms with Gasteiger partial charge in [-0.2, -0.15) is 0 Å². The molecule has 1 N–H and O–H groups in total. The van der Waals surface area contributed by atoms with Crippen molar-refractivity contribution in [1.82, 2.24) is 5.32 Å². The molecule has 0 unspecified atom stereocenters. The molecule has 0 aromatic heterocycles. The van der Waals surface area contributed by atoms with E-state index in [0.29, 0.717) is 6.54 Å². The van der Waals surface area contributed by atoms with E-state index in [1.165, 1.54) is 0 Å². The van der Waals surface area contributed by atoms with Gasteiger partial charge < -0.3 is 5.32 Å². The molecular weight excluding hydrogens is 162 g/mol. The molecule has 0 atom stereocenters. The molecule has 0 saturated carbocycles. The Kier molecular flexibility index (Phi) is 6.72. The number of carbonyl (C=O) groups is 1. The second-order valence-corrected chi connectivity index (χ2v) is 3.17. The van der Waals surface area contributed by atoms with E-state index >= 15 is 0 Å². The summed E-state index contributed by atoms with van der Waals surface area (Å²) < 4.78 is 0. The highest BCUT2D eigenvalue weighted by Crippen LogP contribution is 1.92. The fourth-order valence-electron chi connectivity index (χ4n) is 0.877. The summed E-state index contributed by atoms with van der Waals surface area (Å²) in [5, 5.41) is 2.79. The molecule has 0 saturated heterocycles. The fraction of sp³-hybridized carbons (Fsp3) is 0.545. The quantitative estimate of drug-likeness (QED) is 0.389. The Bertz CT molecular complexity index is 219. The third kappa shape index (κ3) is 8.68. The highest BCUT2D eigenvalue weighted by Gasteiger charge is 1.94. The van der Waals surface area contributed by atoms with Crippen LogP contribution >= 0.6 is 0 Å². The smallest absolute Gasteiger partial charge is 0.243 e. The summed E-state index contributed by atoms with van der Waals surface area (Å²) in [6, 6.07) is 0. The molecule has 0 aromatic rings. The number of carbonyl (C=O) groups excluding carboxylic acids is 1. The first kappa shape index (κ1) is 11.8. The van der Waals surface area contributed by atoms with E-state index < -0.39 is 0 Å². The Labute approximate surface area is 80.4 Å². The minimum atomic E-state index is -0.0132.